The highest BCUT2D eigenvalue weighted by atomic mass is 127. The van der Waals surface area contributed by atoms with Crippen LogP contribution in [0.4, 0.5) is 0 Å². The van der Waals surface area contributed by atoms with Crippen LogP contribution in [0.1, 0.15) is 0 Å². The number of hydrogen-bond acceptors (Lipinski definition) is 2. The van der Waals surface area contributed by atoms with E-state index in [9.17, 15) is 9.13 Å². The summed E-state index contributed by atoms with van der Waals surface area (Å²) in [6, 6.07) is 15.8. The topological polar surface area (TPSA) is 34.1 Å². The minimum atomic E-state index is -2.06. The van der Waals surface area contributed by atoms with Crippen LogP contribution in [0.25, 0.3) is 0 Å². The van der Waals surface area contributed by atoms with Gasteiger partial charge in [0.05, 0.1) is 0 Å². The molecule has 0 fully saturated rings. The fraction of sp³-hybridized carbons (Fsp3) is 0.250. The van der Waals surface area contributed by atoms with Crippen molar-refractivity contribution in [2.24, 2.45) is 0 Å². The number of benzene rings is 2. The van der Waals surface area contributed by atoms with E-state index < -0.39 is 14.9 Å². The van der Waals surface area contributed by atoms with Gasteiger partial charge in [0, 0.05) is 17.8 Å². The molecule has 2 rings (SSSR count). The molecule has 0 aromatic heterocycles. The van der Waals surface area contributed by atoms with Gasteiger partial charge < -0.3 is 4.57 Å². The molecule has 0 N–H and O–H groups in total. The summed E-state index contributed by atoms with van der Waals surface area (Å²) in [5, 5.41) is 0.931. The molecule has 0 atom stereocenters. The third-order valence-corrected chi connectivity index (χ3v) is 5.57. The first-order valence-electron chi connectivity index (χ1n) is 6.59. The zero-order valence-corrected chi connectivity index (χ0v) is 20.6. The molecule has 0 heterocycles. The summed E-state index contributed by atoms with van der Waals surface area (Å²) in [6.45, 7) is 6.90. The highest BCUT2D eigenvalue weighted by molar-refractivity contribution is 14.1. The Kier molecular flexibility index (Phi) is 12.2. The maximum atomic E-state index is 11.5. The van der Waals surface area contributed by atoms with Crippen molar-refractivity contribution in [3.05, 3.63) is 61.0 Å². The van der Waals surface area contributed by atoms with Crippen molar-refractivity contribution in [2.45, 2.75) is 0 Å². The van der Waals surface area contributed by atoms with E-state index in [1.54, 1.807) is 26.7 Å². The predicted octanol–water partition coefficient (Wildman–Crippen LogP) is 6.82. The van der Waals surface area contributed by atoms with Crippen LogP contribution in [0.3, 0.4) is 0 Å². The number of halogens is 3. The van der Waals surface area contributed by atoms with Crippen molar-refractivity contribution in [1.29, 1.82) is 0 Å². The van der Waals surface area contributed by atoms with Crippen LogP contribution < -0.4 is 5.30 Å². The minimum Gasteiger partial charge on any atom is -0.319 e. The molecule has 2 nitrogen and oxygen atoms in total. The summed E-state index contributed by atoms with van der Waals surface area (Å²) in [4.78, 5) is 0. The van der Waals surface area contributed by atoms with Crippen molar-refractivity contribution in [3.8, 4) is 0 Å². The predicted molar refractivity (Wildman–Crippen MR) is 120 cm³/mol. The Morgan fingerprint density at radius 2 is 1.17 bits per heavy atom. The highest BCUT2D eigenvalue weighted by Gasteiger charge is 2.09. The monoisotopic (exact) mass is 591 g/mol. The summed E-state index contributed by atoms with van der Waals surface area (Å²) >= 11 is 8.94. The number of rotatable bonds is 1. The lowest BCUT2D eigenvalue weighted by molar-refractivity contribution is 0.588. The van der Waals surface area contributed by atoms with Gasteiger partial charge in [-0.05, 0) is 72.3 Å². The molecule has 0 bridgehead atoms. The van der Waals surface area contributed by atoms with Gasteiger partial charge in [-0.2, -0.15) is 0 Å². The quantitative estimate of drug-likeness (QED) is 0.269. The lowest BCUT2D eigenvalue weighted by atomic mass is 10.4. The molecule has 126 valence electrons. The molecular weight excluding hydrogens is 573 g/mol. The van der Waals surface area contributed by atoms with Crippen LogP contribution >= 0.6 is 69.4 Å². The van der Waals surface area contributed by atoms with Crippen LogP contribution in [0.5, 0.6) is 0 Å². The molecule has 0 aliphatic carbocycles. The summed E-state index contributed by atoms with van der Waals surface area (Å²) in [5.41, 5.74) is 0. The van der Waals surface area contributed by atoms with Crippen LogP contribution in [-0.2, 0) is 9.13 Å². The van der Waals surface area contributed by atoms with E-state index in [0.29, 0.717) is 0 Å². The zero-order valence-electron chi connectivity index (χ0n) is 13.5. The first-order chi connectivity index (χ1) is 10.5. The molecule has 0 saturated heterocycles. The second-order valence-corrected chi connectivity index (χ2v) is 13.0. The van der Waals surface area contributed by atoms with Gasteiger partial charge in [-0.1, -0.05) is 48.6 Å². The van der Waals surface area contributed by atoms with E-state index in [-0.39, 0.29) is 0 Å². The highest BCUT2D eigenvalue weighted by Crippen LogP contribution is 2.34. The van der Waals surface area contributed by atoms with E-state index in [1.165, 1.54) is 3.57 Å². The Morgan fingerprint density at radius 1 is 0.870 bits per heavy atom. The molecule has 0 unspecified atom stereocenters. The summed E-state index contributed by atoms with van der Waals surface area (Å²) in [7, 11) is -2.93. The molecule has 0 saturated carbocycles. The van der Waals surface area contributed by atoms with E-state index in [2.05, 4.69) is 66.6 Å². The van der Waals surface area contributed by atoms with E-state index in [4.69, 9.17) is 0 Å². The maximum Gasteiger partial charge on any atom is 0.332 e. The third-order valence-electron chi connectivity index (χ3n) is 2.25. The average molecular weight is 593 g/mol. The van der Waals surface area contributed by atoms with Crippen molar-refractivity contribution in [2.75, 3.05) is 26.7 Å². The Balaban J connectivity index is 0.000000354. The largest absolute Gasteiger partial charge is 0.332 e. The smallest absolute Gasteiger partial charge is 0.319 e. The van der Waals surface area contributed by atoms with Crippen LogP contribution in [-0.4, -0.2) is 26.7 Å². The lowest BCUT2D eigenvalue weighted by Gasteiger charge is -2.05. The van der Waals surface area contributed by atoms with Gasteiger partial charge in [-0.25, -0.2) is 0 Å². The van der Waals surface area contributed by atoms with Gasteiger partial charge in [0.1, 0.15) is 20.5 Å². The lowest BCUT2D eigenvalue weighted by Crippen LogP contribution is -2.00. The summed E-state index contributed by atoms with van der Waals surface area (Å²) in [5.74, 6) is 0. The average Bonchev–Trinajstić information content (AvgIpc) is 2.42. The maximum absolute atomic E-state index is 11.5. The van der Waals surface area contributed by atoms with Gasteiger partial charge in [-0.15, -0.1) is 0 Å². The fourth-order valence-electron chi connectivity index (χ4n) is 1.23. The standard InChI is InChI=1S/C8H10BrOP.C6H4BrI.C2H6OP/c1-11(2,10)8-5-3-7(9)4-6-8;7-5-1-3-6(8)4-2-5;1-4(2)3/h3-6H,1-2H3;1-4H;1-2H3/q;;+1. The zero-order chi connectivity index (χ0) is 18.0. The van der Waals surface area contributed by atoms with Gasteiger partial charge in [0.15, 0.2) is 0 Å². The third kappa shape index (κ3) is 13.4. The molecule has 23 heavy (non-hydrogen) atoms. The normalized spacial score (nSPS) is 9.87. The van der Waals surface area contributed by atoms with E-state index >= 15 is 0 Å². The Morgan fingerprint density at radius 3 is 1.43 bits per heavy atom. The second-order valence-electron chi connectivity index (χ2n) is 5.08. The minimum absolute atomic E-state index is 0.870. The van der Waals surface area contributed by atoms with Crippen LogP contribution in [0.15, 0.2) is 57.5 Å². The van der Waals surface area contributed by atoms with E-state index in [1.807, 2.05) is 36.4 Å². The van der Waals surface area contributed by atoms with Crippen LogP contribution in [0.2, 0.25) is 0 Å². The molecule has 7 heteroatoms. The summed E-state index contributed by atoms with van der Waals surface area (Å²) in [6.07, 6.45) is 0. The van der Waals surface area contributed by atoms with Crippen molar-refractivity contribution in [1.82, 2.24) is 0 Å². The first kappa shape index (κ1) is 23.5. The molecule has 0 radical (unpaired) electrons. The molecule has 0 amide bonds. The van der Waals surface area contributed by atoms with Crippen molar-refractivity contribution >= 4 is 74.7 Å². The SMILES string of the molecule is Brc1ccc(I)cc1.CP(C)(=O)c1ccc(Br)cc1.C[P+](C)=O. The number of hydrogen-bond donors (Lipinski definition) is 0. The molecule has 0 aliphatic heterocycles. The molecule has 0 spiro atoms. The molecule has 2 aromatic carbocycles. The molecule has 2 aromatic rings. The van der Waals surface area contributed by atoms with Crippen molar-refractivity contribution in [3.63, 3.8) is 0 Å². The second kappa shape index (κ2) is 11.9. The van der Waals surface area contributed by atoms with Gasteiger partial charge in [-0.3, -0.25) is 0 Å². The Hall–Kier alpha value is 0.460. The van der Waals surface area contributed by atoms with Crippen LogP contribution in [0, 0.1) is 3.57 Å². The fourth-order valence-corrected chi connectivity index (χ4v) is 2.98. The van der Waals surface area contributed by atoms with E-state index in [0.717, 1.165) is 14.2 Å². The van der Waals surface area contributed by atoms with Gasteiger partial charge >= 0.3 is 7.80 Å². The molecular formula is C16H20Br2IO2P2+. The molecule has 0 aliphatic rings. The Labute approximate surface area is 170 Å². The van der Waals surface area contributed by atoms with Gasteiger partial charge in [0.2, 0.25) is 0 Å². The Bertz CT molecular complexity index is 628. The first-order valence-corrected chi connectivity index (χ1v) is 14.0. The van der Waals surface area contributed by atoms with Gasteiger partial charge in [0.25, 0.3) is 0 Å². The summed E-state index contributed by atoms with van der Waals surface area (Å²) < 4.78 is 24.5. The van der Waals surface area contributed by atoms with Crippen molar-refractivity contribution < 1.29 is 9.13 Å².